The van der Waals surface area contributed by atoms with E-state index >= 15 is 4.39 Å². The lowest BCUT2D eigenvalue weighted by Gasteiger charge is -2.47. The minimum atomic E-state index is -4.08. The zero-order valence-corrected chi connectivity index (χ0v) is 22.7. The number of methoxy groups -OCH3 is 1. The summed E-state index contributed by atoms with van der Waals surface area (Å²) in [6.07, 6.45) is 1.16. The van der Waals surface area contributed by atoms with E-state index in [1.807, 2.05) is 17.9 Å². The van der Waals surface area contributed by atoms with Gasteiger partial charge >= 0.3 is 0 Å². The second-order valence-corrected chi connectivity index (χ2v) is 13.0. The second kappa shape index (κ2) is 8.72. The molecule has 2 fully saturated rings. The molecule has 1 unspecified atom stereocenters. The van der Waals surface area contributed by atoms with Gasteiger partial charge in [0.2, 0.25) is 5.69 Å². The van der Waals surface area contributed by atoms with Gasteiger partial charge in [0.15, 0.2) is 21.4 Å². The molecule has 14 heteroatoms. The Hall–Kier alpha value is -3.60. The molecule has 2 saturated heterocycles. The number of nitriles is 1. The lowest BCUT2D eigenvalue weighted by Crippen LogP contribution is -2.66. The predicted molar refractivity (Wildman–Crippen MR) is 136 cm³/mol. The van der Waals surface area contributed by atoms with E-state index in [4.69, 9.17) is 4.74 Å². The topological polar surface area (TPSA) is 146 Å². The van der Waals surface area contributed by atoms with Crippen molar-refractivity contribution in [1.82, 2.24) is 25.1 Å². The quantitative estimate of drug-likeness (QED) is 0.552. The minimum Gasteiger partial charge on any atom is -0.493 e. The summed E-state index contributed by atoms with van der Waals surface area (Å²) in [5.74, 6) is 0.823. The number of nitrogens with zero attached hydrogens (tertiary/aromatic N) is 8. The van der Waals surface area contributed by atoms with Crippen molar-refractivity contribution in [3.8, 4) is 11.8 Å². The highest BCUT2D eigenvalue weighted by atomic mass is 32.2. The van der Waals surface area contributed by atoms with Crippen molar-refractivity contribution in [3.63, 3.8) is 0 Å². The maximum atomic E-state index is 15.1. The lowest BCUT2D eigenvalue weighted by molar-refractivity contribution is -0.142. The monoisotopic (exact) mass is 544 g/mol. The number of fused-ring (bicyclic) bond motifs is 1. The second-order valence-electron chi connectivity index (χ2n) is 10.7. The normalized spacial score (nSPS) is 27.3. The lowest BCUT2D eigenvalue weighted by atomic mass is 9.87. The number of sulfone groups is 1. The van der Waals surface area contributed by atoms with Crippen LogP contribution in [0.15, 0.2) is 12.4 Å². The molecule has 0 aromatic carbocycles. The van der Waals surface area contributed by atoms with Crippen LogP contribution in [-0.4, -0.2) is 89.0 Å². The zero-order valence-electron chi connectivity index (χ0n) is 21.8. The van der Waals surface area contributed by atoms with Gasteiger partial charge in [0, 0.05) is 55.2 Å². The van der Waals surface area contributed by atoms with E-state index in [9.17, 15) is 18.5 Å². The third kappa shape index (κ3) is 3.74. The average Bonchev–Trinajstić information content (AvgIpc) is 3.18. The molecule has 3 atom stereocenters. The number of alkyl halides is 1. The van der Waals surface area contributed by atoms with Crippen molar-refractivity contribution in [1.29, 1.82) is 5.26 Å². The molecule has 1 amide bonds. The number of halogens is 1. The van der Waals surface area contributed by atoms with Crippen molar-refractivity contribution < 1.29 is 22.3 Å². The molecule has 5 heterocycles. The Labute approximate surface area is 220 Å². The van der Waals surface area contributed by atoms with Gasteiger partial charge < -0.3 is 19.4 Å². The van der Waals surface area contributed by atoms with Crippen molar-refractivity contribution >= 4 is 33.2 Å². The first-order valence-electron chi connectivity index (χ1n) is 12.3. The molecule has 38 heavy (non-hydrogen) atoms. The molecule has 0 N–H and O–H groups in total. The molecular weight excluding hydrogens is 515 g/mol. The van der Waals surface area contributed by atoms with Crippen molar-refractivity contribution in [2.24, 2.45) is 0 Å². The number of amides is 1. The minimum absolute atomic E-state index is 0.0818. The summed E-state index contributed by atoms with van der Waals surface area (Å²) in [5, 5.41) is 14.7. The maximum absolute atomic E-state index is 15.1. The van der Waals surface area contributed by atoms with Gasteiger partial charge in [-0.15, -0.1) is 10.2 Å². The van der Waals surface area contributed by atoms with Crippen LogP contribution in [0.1, 0.15) is 45.4 Å². The molecule has 0 aliphatic carbocycles. The average molecular weight is 545 g/mol. The molecule has 3 aliphatic rings. The van der Waals surface area contributed by atoms with Gasteiger partial charge in [-0.1, -0.05) is 13.8 Å². The van der Waals surface area contributed by atoms with Crippen LogP contribution in [0, 0.1) is 11.3 Å². The molecule has 0 radical (unpaired) electrons. The third-order valence-electron chi connectivity index (χ3n) is 7.67. The zero-order chi connectivity index (χ0) is 27.6. The Morgan fingerprint density at radius 1 is 1.18 bits per heavy atom. The highest BCUT2D eigenvalue weighted by molar-refractivity contribution is 7.94. The van der Waals surface area contributed by atoms with E-state index in [-0.39, 0.29) is 30.5 Å². The van der Waals surface area contributed by atoms with Crippen LogP contribution >= 0.6 is 0 Å². The third-order valence-corrected chi connectivity index (χ3v) is 9.77. The summed E-state index contributed by atoms with van der Waals surface area (Å²) in [7, 11) is -2.62. The van der Waals surface area contributed by atoms with Gasteiger partial charge in [-0.05, 0) is 13.8 Å². The fraction of sp³-hybridized carbons (Fsp3) is 0.583. The van der Waals surface area contributed by atoms with Crippen LogP contribution in [0.5, 0.6) is 5.75 Å². The van der Waals surface area contributed by atoms with E-state index < -0.39 is 32.2 Å². The van der Waals surface area contributed by atoms with Crippen LogP contribution in [0.2, 0.25) is 0 Å². The Morgan fingerprint density at radius 2 is 1.89 bits per heavy atom. The molecular formula is C24H29FN8O4S. The maximum Gasteiger partial charge on any atom is 0.288 e. The van der Waals surface area contributed by atoms with E-state index in [1.165, 1.54) is 18.3 Å². The van der Waals surface area contributed by atoms with Crippen LogP contribution in [0.25, 0.3) is 0 Å². The summed E-state index contributed by atoms with van der Waals surface area (Å²) in [5.41, 5.74) is 0.555. The number of carbonyl (C=O) groups is 1. The Morgan fingerprint density at radius 3 is 2.50 bits per heavy atom. The summed E-state index contributed by atoms with van der Waals surface area (Å²) >= 11 is 0. The molecule has 0 spiro atoms. The molecule has 12 nitrogen and oxygen atoms in total. The largest absolute Gasteiger partial charge is 0.493 e. The Bertz CT molecular complexity index is 1460. The Balaban J connectivity index is 1.48. The molecule has 202 valence electrons. The number of hydrogen-bond donors (Lipinski definition) is 0. The molecule has 5 rings (SSSR count). The molecule has 2 aromatic heterocycles. The molecule has 2 aromatic rings. The molecule has 0 bridgehead atoms. The van der Waals surface area contributed by atoms with Crippen LogP contribution < -0.4 is 14.5 Å². The first kappa shape index (κ1) is 26.0. The summed E-state index contributed by atoms with van der Waals surface area (Å²) in [6.45, 7) is 8.82. The predicted octanol–water partition coefficient (Wildman–Crippen LogP) is 1.49. The standard InChI is InChI=1S/C24H29FN8O4S/c1-14-11-32(22(34)24(25)6-7-38(24,35)36)15(2)10-31(14)20-19-21(28-13-27-20)33(12-23(19,3)4)18-8-17(37-5)16(9-26)29-30-18/h8,13-15H,6-7,10-12H2,1-5H3/t14-,15+,24?/m0/s1. The molecule has 0 saturated carbocycles. The van der Waals surface area contributed by atoms with Crippen molar-refractivity contribution in [2.45, 2.75) is 56.6 Å². The van der Waals surface area contributed by atoms with Crippen LogP contribution in [0.4, 0.5) is 21.8 Å². The van der Waals surface area contributed by atoms with Crippen molar-refractivity contribution in [3.05, 3.63) is 23.7 Å². The first-order chi connectivity index (χ1) is 17.8. The highest BCUT2D eigenvalue weighted by Crippen LogP contribution is 2.47. The van der Waals surface area contributed by atoms with Gasteiger partial charge in [0.1, 0.15) is 24.0 Å². The van der Waals surface area contributed by atoms with Crippen LogP contribution in [-0.2, 0) is 20.0 Å². The smallest absolute Gasteiger partial charge is 0.288 e. The summed E-state index contributed by atoms with van der Waals surface area (Å²) < 4.78 is 44.5. The van der Waals surface area contributed by atoms with Gasteiger partial charge in [-0.25, -0.2) is 22.8 Å². The number of carbonyl (C=O) groups excluding carboxylic acids is 1. The number of hydrogen-bond acceptors (Lipinski definition) is 11. The van der Waals surface area contributed by atoms with Gasteiger partial charge in [0.05, 0.1) is 12.9 Å². The van der Waals surface area contributed by atoms with Gasteiger partial charge in [-0.2, -0.15) is 5.26 Å². The summed E-state index contributed by atoms with van der Waals surface area (Å²) in [4.78, 5) is 27.5. The SMILES string of the molecule is COc1cc(N2CC(C)(C)c3c2ncnc3N2C[C@@H](C)N(C(=O)C3(F)CCS3(=O)=O)C[C@@H]2C)nnc1C#N. The van der Waals surface area contributed by atoms with E-state index in [2.05, 4.69) is 38.9 Å². The fourth-order valence-electron chi connectivity index (χ4n) is 5.47. The number of piperazine rings is 1. The summed E-state index contributed by atoms with van der Waals surface area (Å²) in [6, 6.07) is 2.90. The van der Waals surface area contributed by atoms with Gasteiger partial charge in [-0.3, -0.25) is 4.79 Å². The van der Waals surface area contributed by atoms with Crippen LogP contribution in [0.3, 0.4) is 0 Å². The van der Waals surface area contributed by atoms with Crippen molar-refractivity contribution in [2.75, 3.05) is 42.3 Å². The van der Waals surface area contributed by atoms with E-state index in [0.29, 0.717) is 36.3 Å². The van der Waals surface area contributed by atoms with E-state index in [0.717, 1.165) is 5.56 Å². The first-order valence-corrected chi connectivity index (χ1v) is 13.9. The van der Waals surface area contributed by atoms with E-state index in [1.54, 1.807) is 13.0 Å². The number of aromatic nitrogens is 4. The molecule has 3 aliphatic heterocycles. The fourth-order valence-corrected chi connectivity index (χ4v) is 6.75. The highest BCUT2D eigenvalue weighted by Gasteiger charge is 2.61. The number of rotatable bonds is 4. The number of anilines is 3. The Kier molecular flexibility index (Phi) is 5.97. The number of ether oxygens (including phenoxy) is 1. The van der Waals surface area contributed by atoms with Gasteiger partial charge in [0.25, 0.3) is 10.9 Å².